The first kappa shape index (κ1) is 14.5. The lowest BCUT2D eigenvalue weighted by molar-refractivity contribution is -0.305. The van der Waals surface area contributed by atoms with Crippen LogP contribution >= 0.6 is 24.0 Å². The maximum absolute atomic E-state index is 11.9. The van der Waals surface area contributed by atoms with Gasteiger partial charge in [-0.1, -0.05) is 66.5 Å². The molecule has 1 fully saturated rings. The molecule has 6 heteroatoms. The van der Waals surface area contributed by atoms with Crippen molar-refractivity contribution < 1.29 is 14.7 Å². The Labute approximate surface area is 125 Å². The largest absolute Gasteiger partial charge is 0.548 e. The van der Waals surface area contributed by atoms with Gasteiger partial charge in [-0.2, -0.15) is 0 Å². The molecule has 1 aromatic carbocycles. The standard InChI is InChI=1S/C14H11NO3S2/c16-12(17)9-15-13(18)11(20-14(15)19)8-4-7-10-5-2-1-3-6-10/h1-8H,9H2,(H,16,17)/p-1. The molecule has 2 rings (SSSR count). The van der Waals surface area contributed by atoms with Crippen LogP contribution in [0.25, 0.3) is 6.08 Å². The van der Waals surface area contributed by atoms with Crippen LogP contribution in [0.1, 0.15) is 5.56 Å². The van der Waals surface area contributed by atoms with Crippen molar-refractivity contribution in [1.29, 1.82) is 0 Å². The van der Waals surface area contributed by atoms with E-state index >= 15 is 0 Å². The van der Waals surface area contributed by atoms with Crippen LogP contribution in [0.5, 0.6) is 0 Å². The van der Waals surface area contributed by atoms with E-state index in [0.717, 1.165) is 22.2 Å². The molecule has 1 aliphatic heterocycles. The molecule has 1 aliphatic rings. The number of thiocarbonyl (C=S) groups is 1. The summed E-state index contributed by atoms with van der Waals surface area (Å²) >= 11 is 6.05. The van der Waals surface area contributed by atoms with Gasteiger partial charge < -0.3 is 9.90 Å². The van der Waals surface area contributed by atoms with Crippen molar-refractivity contribution in [2.45, 2.75) is 0 Å². The molecule has 0 unspecified atom stereocenters. The minimum atomic E-state index is -1.33. The minimum Gasteiger partial charge on any atom is -0.548 e. The van der Waals surface area contributed by atoms with Crippen LogP contribution in [0.15, 0.2) is 47.4 Å². The summed E-state index contributed by atoms with van der Waals surface area (Å²) in [5.74, 6) is -1.73. The number of nitrogens with zero attached hydrogens (tertiary/aromatic N) is 1. The Hall–Kier alpha value is -1.92. The molecule has 102 valence electrons. The van der Waals surface area contributed by atoms with Crippen LogP contribution in [-0.4, -0.2) is 27.6 Å². The zero-order valence-electron chi connectivity index (χ0n) is 10.3. The van der Waals surface area contributed by atoms with Crippen LogP contribution in [0.4, 0.5) is 0 Å². The van der Waals surface area contributed by atoms with Crippen LogP contribution in [0.2, 0.25) is 0 Å². The Morgan fingerprint density at radius 2 is 2.05 bits per heavy atom. The average molecular weight is 304 g/mol. The highest BCUT2D eigenvalue weighted by atomic mass is 32.2. The van der Waals surface area contributed by atoms with E-state index in [4.69, 9.17) is 12.2 Å². The number of carboxylic acids is 1. The summed E-state index contributed by atoms with van der Waals surface area (Å²) < 4.78 is 0.235. The summed E-state index contributed by atoms with van der Waals surface area (Å²) in [5.41, 5.74) is 1.01. The number of thioether (sulfide) groups is 1. The number of hydrogen-bond donors (Lipinski definition) is 0. The molecule has 1 amide bonds. The van der Waals surface area contributed by atoms with Crippen molar-refractivity contribution in [1.82, 2.24) is 4.90 Å². The van der Waals surface area contributed by atoms with Gasteiger partial charge in [0.25, 0.3) is 5.91 Å². The summed E-state index contributed by atoms with van der Waals surface area (Å²) in [5, 5.41) is 10.5. The molecule has 0 radical (unpaired) electrons. The van der Waals surface area contributed by atoms with Gasteiger partial charge in [0, 0.05) is 0 Å². The van der Waals surface area contributed by atoms with Gasteiger partial charge in [0.15, 0.2) is 0 Å². The first-order valence-electron chi connectivity index (χ1n) is 5.75. The lowest BCUT2D eigenvalue weighted by Crippen LogP contribution is -2.40. The Balaban J connectivity index is 2.08. The van der Waals surface area contributed by atoms with Crippen LogP contribution in [-0.2, 0) is 9.59 Å². The number of rotatable bonds is 4. The van der Waals surface area contributed by atoms with Gasteiger partial charge in [0.2, 0.25) is 0 Å². The normalized spacial score (nSPS) is 17.4. The molecule has 0 aromatic heterocycles. The number of carboxylic acid groups (broad SMARTS) is 1. The number of carbonyl (C=O) groups excluding carboxylic acids is 2. The maximum atomic E-state index is 11.9. The molecule has 1 heterocycles. The van der Waals surface area contributed by atoms with Gasteiger partial charge in [0.1, 0.15) is 4.32 Å². The Morgan fingerprint density at radius 1 is 1.35 bits per heavy atom. The lowest BCUT2D eigenvalue weighted by atomic mass is 10.2. The molecule has 0 atom stereocenters. The molecule has 20 heavy (non-hydrogen) atoms. The predicted molar refractivity (Wildman–Crippen MR) is 80.5 cm³/mol. The number of aliphatic carboxylic acids is 1. The van der Waals surface area contributed by atoms with Crippen molar-refractivity contribution in [2.75, 3.05) is 6.54 Å². The SMILES string of the molecule is O=C([O-])CN1C(=O)C(=CC=Cc2ccccc2)SC1=S. The van der Waals surface area contributed by atoms with Gasteiger partial charge in [-0.05, 0) is 11.6 Å². The van der Waals surface area contributed by atoms with Crippen LogP contribution in [0, 0.1) is 0 Å². The van der Waals surface area contributed by atoms with Crippen LogP contribution in [0.3, 0.4) is 0 Å². The van der Waals surface area contributed by atoms with E-state index in [2.05, 4.69) is 0 Å². The molecule has 0 saturated carbocycles. The molecule has 0 N–H and O–H groups in total. The molecule has 1 saturated heterocycles. The highest BCUT2D eigenvalue weighted by Crippen LogP contribution is 2.30. The first-order chi connectivity index (χ1) is 9.58. The third kappa shape index (κ3) is 3.55. The number of hydrogen-bond acceptors (Lipinski definition) is 5. The van der Waals surface area contributed by atoms with Gasteiger partial charge in [-0.3, -0.25) is 9.69 Å². The fraction of sp³-hybridized carbons (Fsp3) is 0.0714. The van der Waals surface area contributed by atoms with Crippen molar-refractivity contribution in [3.05, 3.63) is 53.0 Å². The number of allylic oxidation sites excluding steroid dienone is 2. The highest BCUT2D eigenvalue weighted by molar-refractivity contribution is 8.26. The van der Waals surface area contributed by atoms with Crippen molar-refractivity contribution in [3.8, 4) is 0 Å². The molecule has 0 bridgehead atoms. The number of amides is 1. The van der Waals surface area contributed by atoms with Gasteiger partial charge in [-0.15, -0.1) is 0 Å². The summed E-state index contributed by atoms with van der Waals surface area (Å²) in [6.45, 7) is -0.510. The van der Waals surface area contributed by atoms with Crippen LogP contribution < -0.4 is 5.11 Å². The van der Waals surface area contributed by atoms with Gasteiger partial charge in [-0.25, -0.2) is 0 Å². The summed E-state index contributed by atoms with van der Waals surface area (Å²) in [6.07, 6.45) is 5.22. The van der Waals surface area contributed by atoms with E-state index in [9.17, 15) is 14.7 Å². The Kier molecular flexibility index (Phi) is 4.70. The molecule has 4 nitrogen and oxygen atoms in total. The third-order valence-corrected chi connectivity index (χ3v) is 3.89. The first-order valence-corrected chi connectivity index (χ1v) is 6.97. The quantitative estimate of drug-likeness (QED) is 0.618. The smallest absolute Gasteiger partial charge is 0.266 e. The zero-order chi connectivity index (χ0) is 14.5. The fourth-order valence-corrected chi connectivity index (χ4v) is 2.80. The molecule has 1 aromatic rings. The third-order valence-electron chi connectivity index (χ3n) is 2.50. The number of carbonyl (C=O) groups is 2. The topological polar surface area (TPSA) is 60.4 Å². The fourth-order valence-electron chi connectivity index (χ4n) is 1.59. The average Bonchev–Trinajstić information content (AvgIpc) is 2.67. The minimum absolute atomic E-state index is 0.235. The maximum Gasteiger partial charge on any atom is 0.266 e. The highest BCUT2D eigenvalue weighted by Gasteiger charge is 2.31. The van der Waals surface area contributed by atoms with Crippen molar-refractivity contribution in [3.63, 3.8) is 0 Å². The predicted octanol–water partition coefficient (Wildman–Crippen LogP) is 1.19. The number of benzene rings is 1. The van der Waals surface area contributed by atoms with Crippen molar-refractivity contribution >= 4 is 46.3 Å². The summed E-state index contributed by atoms with van der Waals surface area (Å²) in [6, 6.07) is 9.62. The molecular formula is C14H10NO3S2-. The molecule has 0 aliphatic carbocycles. The van der Waals surface area contributed by atoms with E-state index in [-0.39, 0.29) is 4.32 Å². The molecular weight excluding hydrogens is 294 g/mol. The lowest BCUT2D eigenvalue weighted by Gasteiger charge is -2.14. The second kappa shape index (κ2) is 6.49. The Morgan fingerprint density at radius 3 is 2.70 bits per heavy atom. The summed E-state index contributed by atoms with van der Waals surface area (Å²) in [7, 11) is 0. The van der Waals surface area contributed by atoms with Gasteiger partial charge in [0.05, 0.1) is 17.4 Å². The van der Waals surface area contributed by atoms with E-state index in [1.165, 1.54) is 0 Å². The zero-order valence-corrected chi connectivity index (χ0v) is 11.9. The van der Waals surface area contributed by atoms with Gasteiger partial charge >= 0.3 is 0 Å². The van der Waals surface area contributed by atoms with E-state index < -0.39 is 18.4 Å². The van der Waals surface area contributed by atoms with E-state index in [1.807, 2.05) is 36.4 Å². The monoisotopic (exact) mass is 304 g/mol. The van der Waals surface area contributed by atoms with E-state index in [1.54, 1.807) is 12.2 Å². The van der Waals surface area contributed by atoms with Crippen molar-refractivity contribution in [2.24, 2.45) is 0 Å². The Bertz CT molecular complexity index is 608. The summed E-state index contributed by atoms with van der Waals surface area (Å²) in [4.78, 5) is 23.9. The second-order valence-electron chi connectivity index (χ2n) is 3.93. The second-order valence-corrected chi connectivity index (χ2v) is 5.61. The molecule has 0 spiro atoms. The van der Waals surface area contributed by atoms with E-state index in [0.29, 0.717) is 4.91 Å².